The first-order valence-corrected chi connectivity index (χ1v) is 6.92. The molecule has 1 aromatic heterocycles. The SMILES string of the molecule is CC1(n2c(=S)[nH]c3c(F)cccc32)CCCCC1. The minimum atomic E-state index is -0.225. The maximum atomic E-state index is 13.8. The van der Waals surface area contributed by atoms with Gasteiger partial charge in [0.1, 0.15) is 11.3 Å². The van der Waals surface area contributed by atoms with Crippen LogP contribution in [0.25, 0.3) is 11.0 Å². The van der Waals surface area contributed by atoms with Gasteiger partial charge >= 0.3 is 0 Å². The number of nitrogens with zero attached hydrogens (tertiary/aromatic N) is 1. The Labute approximate surface area is 111 Å². The Morgan fingerprint density at radius 2 is 2.00 bits per heavy atom. The van der Waals surface area contributed by atoms with Crippen molar-refractivity contribution >= 4 is 23.3 Å². The Hall–Kier alpha value is -1.16. The van der Waals surface area contributed by atoms with Gasteiger partial charge in [0.15, 0.2) is 4.77 Å². The summed E-state index contributed by atoms with van der Waals surface area (Å²) in [5, 5.41) is 0. The van der Waals surface area contributed by atoms with E-state index in [0.717, 1.165) is 18.4 Å². The van der Waals surface area contributed by atoms with Crippen LogP contribution in [0.4, 0.5) is 4.39 Å². The molecule has 0 spiro atoms. The number of nitrogens with one attached hydrogen (secondary N) is 1. The summed E-state index contributed by atoms with van der Waals surface area (Å²) >= 11 is 5.41. The third-order valence-electron chi connectivity index (χ3n) is 4.14. The predicted molar refractivity (Wildman–Crippen MR) is 73.8 cm³/mol. The van der Waals surface area contributed by atoms with Crippen LogP contribution in [-0.4, -0.2) is 9.55 Å². The Bertz CT molecular complexity index is 635. The maximum absolute atomic E-state index is 13.8. The molecule has 0 aliphatic heterocycles. The van der Waals surface area contributed by atoms with Crippen molar-refractivity contribution in [2.24, 2.45) is 0 Å². The summed E-state index contributed by atoms with van der Waals surface area (Å²) in [7, 11) is 0. The molecule has 0 bridgehead atoms. The summed E-state index contributed by atoms with van der Waals surface area (Å²) in [6.45, 7) is 2.24. The predicted octanol–water partition coefficient (Wildman–Crippen LogP) is 4.52. The minimum Gasteiger partial charge on any atom is -0.328 e. The fraction of sp³-hybridized carbons (Fsp3) is 0.500. The lowest BCUT2D eigenvalue weighted by Gasteiger charge is -2.35. The van der Waals surface area contributed by atoms with Crippen molar-refractivity contribution in [1.29, 1.82) is 0 Å². The minimum absolute atomic E-state index is 0.0291. The van der Waals surface area contributed by atoms with E-state index >= 15 is 0 Å². The van der Waals surface area contributed by atoms with Crippen LogP contribution in [-0.2, 0) is 5.54 Å². The molecule has 4 heteroatoms. The second-order valence-corrected chi connectivity index (χ2v) is 5.84. The van der Waals surface area contributed by atoms with E-state index in [4.69, 9.17) is 12.2 Å². The van der Waals surface area contributed by atoms with Crippen molar-refractivity contribution in [3.63, 3.8) is 0 Å². The first kappa shape index (κ1) is 11.9. The lowest BCUT2D eigenvalue weighted by atomic mass is 9.83. The quantitative estimate of drug-likeness (QED) is 0.751. The zero-order valence-corrected chi connectivity index (χ0v) is 11.3. The van der Waals surface area contributed by atoms with Crippen molar-refractivity contribution in [2.45, 2.75) is 44.6 Å². The smallest absolute Gasteiger partial charge is 0.178 e. The molecular weight excluding hydrogens is 247 g/mol. The topological polar surface area (TPSA) is 20.7 Å². The van der Waals surface area contributed by atoms with Gasteiger partial charge in [0.25, 0.3) is 0 Å². The van der Waals surface area contributed by atoms with Crippen LogP contribution >= 0.6 is 12.2 Å². The van der Waals surface area contributed by atoms with Crippen LogP contribution in [0.3, 0.4) is 0 Å². The number of hydrogen-bond acceptors (Lipinski definition) is 1. The molecule has 1 aliphatic rings. The molecule has 0 amide bonds. The zero-order chi connectivity index (χ0) is 12.8. The standard InChI is InChI=1S/C14H17FN2S/c1-14(8-3-2-4-9-14)17-11-7-5-6-10(15)12(11)16-13(17)18/h5-7H,2-4,8-9H2,1H3,(H,16,18). The summed E-state index contributed by atoms with van der Waals surface area (Å²) in [6.07, 6.45) is 5.97. The van der Waals surface area contributed by atoms with Gasteiger partial charge in [0.2, 0.25) is 0 Å². The number of hydrogen-bond donors (Lipinski definition) is 1. The summed E-state index contributed by atoms with van der Waals surface area (Å²) in [5.41, 5.74) is 1.46. The van der Waals surface area contributed by atoms with Gasteiger partial charge in [-0.3, -0.25) is 0 Å². The van der Waals surface area contributed by atoms with Crippen molar-refractivity contribution < 1.29 is 4.39 Å². The van der Waals surface area contributed by atoms with Gasteiger partial charge in [-0.1, -0.05) is 25.3 Å². The van der Waals surface area contributed by atoms with Gasteiger partial charge in [0, 0.05) is 5.54 Å². The average Bonchev–Trinajstić information content (AvgIpc) is 2.68. The first-order chi connectivity index (χ1) is 8.62. The highest BCUT2D eigenvalue weighted by atomic mass is 32.1. The Balaban J connectivity index is 2.25. The van der Waals surface area contributed by atoms with Crippen LogP contribution in [0.1, 0.15) is 39.0 Å². The number of aromatic amines is 1. The number of rotatable bonds is 1. The van der Waals surface area contributed by atoms with Gasteiger partial charge in [-0.05, 0) is 44.1 Å². The van der Waals surface area contributed by atoms with Gasteiger partial charge in [-0.2, -0.15) is 0 Å². The number of aromatic nitrogens is 2. The average molecular weight is 264 g/mol. The monoisotopic (exact) mass is 264 g/mol. The molecule has 0 saturated heterocycles. The van der Waals surface area contributed by atoms with Crippen LogP contribution < -0.4 is 0 Å². The molecule has 1 fully saturated rings. The highest BCUT2D eigenvalue weighted by Crippen LogP contribution is 2.37. The lowest BCUT2D eigenvalue weighted by molar-refractivity contribution is 0.222. The van der Waals surface area contributed by atoms with Crippen molar-refractivity contribution in [3.05, 3.63) is 28.8 Å². The molecule has 1 aliphatic carbocycles. The molecule has 0 atom stereocenters. The number of para-hydroxylation sites is 1. The summed E-state index contributed by atoms with van der Waals surface area (Å²) in [6, 6.07) is 5.18. The molecule has 1 aromatic carbocycles. The van der Waals surface area contributed by atoms with E-state index in [1.165, 1.54) is 25.3 Å². The lowest BCUT2D eigenvalue weighted by Crippen LogP contribution is -2.32. The molecule has 96 valence electrons. The highest BCUT2D eigenvalue weighted by molar-refractivity contribution is 7.71. The molecule has 2 nitrogen and oxygen atoms in total. The van der Waals surface area contributed by atoms with Crippen LogP contribution in [0.2, 0.25) is 0 Å². The van der Waals surface area contributed by atoms with Gasteiger partial charge in [-0.25, -0.2) is 4.39 Å². The molecule has 18 heavy (non-hydrogen) atoms. The highest BCUT2D eigenvalue weighted by Gasteiger charge is 2.30. The van der Waals surface area contributed by atoms with Gasteiger partial charge in [0.05, 0.1) is 5.52 Å². The number of benzene rings is 1. The summed E-state index contributed by atoms with van der Waals surface area (Å²) in [5.74, 6) is -0.225. The van der Waals surface area contributed by atoms with Crippen molar-refractivity contribution in [2.75, 3.05) is 0 Å². The van der Waals surface area contributed by atoms with Crippen LogP contribution in [0.5, 0.6) is 0 Å². The summed E-state index contributed by atoms with van der Waals surface area (Å²) < 4.78 is 16.5. The van der Waals surface area contributed by atoms with Crippen LogP contribution in [0.15, 0.2) is 18.2 Å². The van der Waals surface area contributed by atoms with E-state index in [0.29, 0.717) is 10.3 Å². The zero-order valence-electron chi connectivity index (χ0n) is 10.5. The molecule has 0 radical (unpaired) electrons. The van der Waals surface area contributed by atoms with E-state index in [1.54, 1.807) is 6.07 Å². The number of H-pyrrole nitrogens is 1. The molecule has 3 rings (SSSR count). The second kappa shape index (κ2) is 4.19. The first-order valence-electron chi connectivity index (χ1n) is 6.52. The Kier molecular flexibility index (Phi) is 2.77. The molecule has 1 heterocycles. The Morgan fingerprint density at radius 1 is 1.28 bits per heavy atom. The fourth-order valence-corrected chi connectivity index (χ4v) is 3.59. The van der Waals surface area contributed by atoms with E-state index in [1.807, 2.05) is 6.07 Å². The van der Waals surface area contributed by atoms with E-state index < -0.39 is 0 Å². The summed E-state index contributed by atoms with van der Waals surface area (Å²) in [4.78, 5) is 3.02. The van der Waals surface area contributed by atoms with E-state index in [2.05, 4.69) is 16.5 Å². The third kappa shape index (κ3) is 1.70. The molecule has 2 aromatic rings. The number of fused-ring (bicyclic) bond motifs is 1. The van der Waals surface area contributed by atoms with Gasteiger partial charge in [-0.15, -0.1) is 0 Å². The molecule has 1 saturated carbocycles. The largest absolute Gasteiger partial charge is 0.328 e. The number of halogens is 1. The van der Waals surface area contributed by atoms with Crippen molar-refractivity contribution in [1.82, 2.24) is 9.55 Å². The second-order valence-electron chi connectivity index (χ2n) is 5.46. The van der Waals surface area contributed by atoms with E-state index in [9.17, 15) is 4.39 Å². The van der Waals surface area contributed by atoms with Crippen LogP contribution in [0, 0.1) is 10.6 Å². The maximum Gasteiger partial charge on any atom is 0.178 e. The van der Waals surface area contributed by atoms with Gasteiger partial charge < -0.3 is 9.55 Å². The number of imidazole rings is 1. The fourth-order valence-electron chi connectivity index (χ4n) is 3.17. The molecule has 0 unspecified atom stereocenters. The van der Waals surface area contributed by atoms with E-state index in [-0.39, 0.29) is 11.4 Å². The molecular formula is C14H17FN2S. The molecule has 1 N–H and O–H groups in total. The third-order valence-corrected chi connectivity index (χ3v) is 4.42. The Morgan fingerprint density at radius 3 is 2.72 bits per heavy atom. The normalized spacial score (nSPS) is 19.2. The van der Waals surface area contributed by atoms with Crippen molar-refractivity contribution in [3.8, 4) is 0 Å².